The third kappa shape index (κ3) is 6.65. The standard InChI is InChI=1S/C8H9NO.C4H5ClO3/c1-6-4-2-3-5-7(6)8(9)10;5-2-3(6)1-4(7)8/h2-5H,1H3,(H2,9,10);1-2H2,(H,7,8). The second kappa shape index (κ2) is 8.25. The molecule has 0 saturated heterocycles. The zero-order chi connectivity index (χ0) is 14.1. The van der Waals surface area contributed by atoms with E-state index in [0.717, 1.165) is 5.56 Å². The number of nitrogens with two attached hydrogens (primary N) is 1. The van der Waals surface area contributed by atoms with Crippen LogP contribution in [-0.2, 0) is 9.59 Å². The number of hydrogen-bond donors (Lipinski definition) is 2. The minimum Gasteiger partial charge on any atom is -0.481 e. The van der Waals surface area contributed by atoms with E-state index in [4.69, 9.17) is 22.4 Å². The summed E-state index contributed by atoms with van der Waals surface area (Å²) in [5.74, 6) is -2.17. The monoisotopic (exact) mass is 271 g/mol. The van der Waals surface area contributed by atoms with Gasteiger partial charge in [-0.2, -0.15) is 0 Å². The van der Waals surface area contributed by atoms with Gasteiger partial charge in [-0.3, -0.25) is 14.4 Å². The van der Waals surface area contributed by atoms with Crippen LogP contribution in [0.25, 0.3) is 0 Å². The molecule has 1 aromatic rings. The van der Waals surface area contributed by atoms with Crippen LogP contribution in [0.5, 0.6) is 0 Å². The van der Waals surface area contributed by atoms with Crippen LogP contribution in [0, 0.1) is 6.92 Å². The van der Waals surface area contributed by atoms with Crippen LogP contribution in [-0.4, -0.2) is 28.6 Å². The number of primary amides is 1. The van der Waals surface area contributed by atoms with Crippen molar-refractivity contribution < 1.29 is 19.5 Å². The van der Waals surface area contributed by atoms with Crippen LogP contribution in [0.3, 0.4) is 0 Å². The number of carbonyl (C=O) groups excluding carboxylic acids is 2. The van der Waals surface area contributed by atoms with Crippen molar-refractivity contribution in [2.45, 2.75) is 13.3 Å². The summed E-state index contributed by atoms with van der Waals surface area (Å²) < 4.78 is 0. The van der Waals surface area contributed by atoms with Crippen molar-refractivity contribution in [1.82, 2.24) is 0 Å². The van der Waals surface area contributed by atoms with Gasteiger partial charge in [0.05, 0.1) is 5.88 Å². The Morgan fingerprint density at radius 1 is 1.28 bits per heavy atom. The van der Waals surface area contributed by atoms with Gasteiger partial charge in [-0.15, -0.1) is 11.6 Å². The van der Waals surface area contributed by atoms with Crippen molar-refractivity contribution in [1.29, 1.82) is 0 Å². The van der Waals surface area contributed by atoms with E-state index in [-0.39, 0.29) is 11.8 Å². The Kier molecular flexibility index (Phi) is 7.38. The van der Waals surface area contributed by atoms with E-state index in [1.165, 1.54) is 0 Å². The number of ketones is 1. The lowest BCUT2D eigenvalue weighted by atomic mass is 10.1. The fourth-order valence-electron chi connectivity index (χ4n) is 1.07. The Morgan fingerprint density at radius 2 is 1.83 bits per heavy atom. The number of carboxylic acid groups (broad SMARTS) is 1. The molecule has 1 amide bonds. The second-order valence-corrected chi connectivity index (χ2v) is 3.69. The number of alkyl halides is 1. The highest BCUT2D eigenvalue weighted by atomic mass is 35.5. The Bertz CT molecular complexity index is 445. The number of aryl methyl sites for hydroxylation is 1. The minimum atomic E-state index is -1.13. The lowest BCUT2D eigenvalue weighted by Gasteiger charge is -1.97. The lowest BCUT2D eigenvalue weighted by Crippen LogP contribution is -2.12. The molecule has 0 bridgehead atoms. The predicted molar refractivity (Wildman–Crippen MR) is 67.7 cm³/mol. The average molecular weight is 272 g/mol. The minimum absolute atomic E-state index is 0.216. The summed E-state index contributed by atoms with van der Waals surface area (Å²) in [5.41, 5.74) is 6.60. The first kappa shape index (κ1) is 16.1. The van der Waals surface area contributed by atoms with Crippen molar-refractivity contribution in [3.05, 3.63) is 35.4 Å². The molecule has 0 saturated carbocycles. The maximum Gasteiger partial charge on any atom is 0.310 e. The summed E-state index contributed by atoms with van der Waals surface area (Å²) in [6.45, 7) is 1.86. The Morgan fingerprint density at radius 3 is 2.11 bits per heavy atom. The van der Waals surface area contributed by atoms with E-state index in [1.54, 1.807) is 12.1 Å². The SMILES string of the molecule is Cc1ccccc1C(N)=O.O=C(O)CC(=O)CCl. The molecule has 3 N–H and O–H groups in total. The van der Waals surface area contributed by atoms with Gasteiger partial charge in [0.15, 0.2) is 5.78 Å². The maximum atomic E-state index is 10.6. The number of rotatable bonds is 4. The zero-order valence-corrected chi connectivity index (χ0v) is 10.6. The molecule has 0 spiro atoms. The molecule has 5 nitrogen and oxygen atoms in total. The highest BCUT2D eigenvalue weighted by Gasteiger charge is 2.03. The smallest absolute Gasteiger partial charge is 0.310 e. The Labute approximate surface area is 110 Å². The van der Waals surface area contributed by atoms with Crippen LogP contribution >= 0.6 is 11.6 Å². The summed E-state index contributed by atoms with van der Waals surface area (Å²) in [6.07, 6.45) is -0.469. The molecule has 0 aromatic heterocycles. The van der Waals surface area contributed by atoms with Crippen LogP contribution in [0.1, 0.15) is 22.3 Å². The molecule has 0 heterocycles. The van der Waals surface area contributed by atoms with E-state index in [9.17, 15) is 14.4 Å². The van der Waals surface area contributed by atoms with Crippen LogP contribution in [0.15, 0.2) is 24.3 Å². The van der Waals surface area contributed by atoms with Crippen molar-refractivity contribution in [3.63, 3.8) is 0 Å². The number of carboxylic acids is 1. The maximum absolute atomic E-state index is 10.6. The summed E-state index contributed by atoms with van der Waals surface area (Å²) >= 11 is 4.98. The fourth-order valence-corrected chi connectivity index (χ4v) is 1.16. The van der Waals surface area contributed by atoms with E-state index >= 15 is 0 Å². The molecule has 0 aliphatic heterocycles. The summed E-state index contributed by atoms with van der Waals surface area (Å²) in [5, 5.41) is 7.94. The van der Waals surface area contributed by atoms with E-state index in [1.807, 2.05) is 19.1 Å². The average Bonchev–Trinajstić information content (AvgIpc) is 2.29. The highest BCUT2D eigenvalue weighted by molar-refractivity contribution is 6.28. The number of hydrogen-bond acceptors (Lipinski definition) is 3. The lowest BCUT2D eigenvalue weighted by molar-refractivity contribution is -0.139. The summed E-state index contributed by atoms with van der Waals surface area (Å²) in [4.78, 5) is 30.4. The van der Waals surface area contributed by atoms with Crippen molar-refractivity contribution in [3.8, 4) is 0 Å². The molecule has 0 unspecified atom stereocenters. The van der Waals surface area contributed by atoms with Gasteiger partial charge in [0.2, 0.25) is 5.91 Å². The van der Waals surface area contributed by atoms with E-state index < -0.39 is 18.2 Å². The number of amides is 1. The second-order valence-electron chi connectivity index (χ2n) is 3.42. The normalized spacial score (nSPS) is 9.00. The third-order valence-electron chi connectivity index (χ3n) is 1.91. The summed E-state index contributed by atoms with van der Waals surface area (Å²) in [7, 11) is 0. The van der Waals surface area contributed by atoms with Gasteiger partial charge in [-0.1, -0.05) is 18.2 Å². The van der Waals surface area contributed by atoms with Gasteiger partial charge >= 0.3 is 5.97 Å². The summed E-state index contributed by atoms with van der Waals surface area (Å²) in [6, 6.07) is 7.26. The molecule has 98 valence electrons. The van der Waals surface area contributed by atoms with Gasteiger partial charge in [0, 0.05) is 5.56 Å². The first-order chi connectivity index (χ1) is 8.38. The molecule has 0 radical (unpaired) electrons. The first-order valence-electron chi connectivity index (χ1n) is 5.03. The Hall–Kier alpha value is -1.88. The van der Waals surface area contributed by atoms with E-state index in [0.29, 0.717) is 5.56 Å². The Balaban J connectivity index is 0.000000331. The number of benzene rings is 1. The third-order valence-corrected chi connectivity index (χ3v) is 2.21. The molecule has 0 aliphatic carbocycles. The number of halogens is 1. The molecule has 0 atom stereocenters. The molecule has 1 rings (SSSR count). The molecule has 0 fully saturated rings. The molecular formula is C12H14ClNO4. The number of carbonyl (C=O) groups is 3. The quantitative estimate of drug-likeness (QED) is 0.638. The van der Waals surface area contributed by atoms with Crippen LogP contribution in [0.4, 0.5) is 0 Å². The topological polar surface area (TPSA) is 97.5 Å². The van der Waals surface area contributed by atoms with Gasteiger partial charge < -0.3 is 10.8 Å². The first-order valence-corrected chi connectivity index (χ1v) is 5.56. The number of Topliss-reactive ketones (excluding diaryl/α,β-unsaturated/α-hetero) is 1. The molecule has 1 aromatic carbocycles. The molecular weight excluding hydrogens is 258 g/mol. The van der Waals surface area contributed by atoms with Gasteiger partial charge in [-0.25, -0.2) is 0 Å². The van der Waals surface area contributed by atoms with Crippen molar-refractivity contribution in [2.24, 2.45) is 5.73 Å². The van der Waals surface area contributed by atoms with Gasteiger partial charge in [-0.05, 0) is 18.6 Å². The van der Waals surface area contributed by atoms with Crippen LogP contribution < -0.4 is 5.73 Å². The predicted octanol–water partition coefficient (Wildman–Crippen LogP) is 1.36. The zero-order valence-electron chi connectivity index (χ0n) is 9.85. The van der Waals surface area contributed by atoms with Crippen molar-refractivity contribution >= 4 is 29.3 Å². The van der Waals surface area contributed by atoms with E-state index in [2.05, 4.69) is 0 Å². The molecule has 18 heavy (non-hydrogen) atoms. The molecule has 0 aliphatic rings. The largest absolute Gasteiger partial charge is 0.481 e. The van der Waals surface area contributed by atoms with Gasteiger partial charge in [0.1, 0.15) is 6.42 Å². The fraction of sp³-hybridized carbons (Fsp3) is 0.250. The van der Waals surface area contributed by atoms with Gasteiger partial charge in [0.25, 0.3) is 0 Å². The highest BCUT2D eigenvalue weighted by Crippen LogP contribution is 2.04. The molecule has 6 heteroatoms. The van der Waals surface area contributed by atoms with Crippen molar-refractivity contribution in [2.75, 3.05) is 5.88 Å². The van der Waals surface area contributed by atoms with Crippen LogP contribution in [0.2, 0.25) is 0 Å². The number of aliphatic carboxylic acids is 1.